The molecule has 13 heavy (non-hydrogen) atoms. The minimum atomic E-state index is -1.09. The molecule has 78 valence electrons. The van der Waals surface area contributed by atoms with Crippen molar-refractivity contribution in [2.75, 3.05) is 0 Å². The van der Waals surface area contributed by atoms with Gasteiger partial charge in [0.2, 0.25) is 0 Å². The monoisotopic (exact) mass is 188 g/mol. The average Bonchev–Trinajstić information content (AvgIpc) is 1.82. The van der Waals surface area contributed by atoms with Crippen molar-refractivity contribution in [3.05, 3.63) is 0 Å². The molecule has 0 amide bonds. The van der Waals surface area contributed by atoms with E-state index in [1.54, 1.807) is 6.92 Å². The molecular weight excluding hydrogens is 168 g/mol. The molecule has 0 aromatic heterocycles. The van der Waals surface area contributed by atoms with E-state index in [1.807, 2.05) is 20.8 Å². The SMILES string of the molecule is CCCC(C)(O)C(C(=O)O)C(C)C. The molecule has 0 aliphatic rings. The highest BCUT2D eigenvalue weighted by Gasteiger charge is 2.38. The third kappa shape index (κ3) is 3.35. The number of carboxylic acids is 1. The Kier molecular flexibility index (Phi) is 4.40. The van der Waals surface area contributed by atoms with Crippen molar-refractivity contribution in [2.24, 2.45) is 11.8 Å². The molecule has 0 rings (SSSR count). The fourth-order valence-corrected chi connectivity index (χ4v) is 1.93. The Bertz CT molecular complexity index is 173. The lowest BCUT2D eigenvalue weighted by Gasteiger charge is -2.32. The third-order valence-corrected chi connectivity index (χ3v) is 2.36. The number of rotatable bonds is 5. The van der Waals surface area contributed by atoms with Crippen molar-refractivity contribution in [1.82, 2.24) is 0 Å². The van der Waals surface area contributed by atoms with Gasteiger partial charge in [0.1, 0.15) is 0 Å². The van der Waals surface area contributed by atoms with Gasteiger partial charge in [-0.3, -0.25) is 4.79 Å². The minimum Gasteiger partial charge on any atom is -0.481 e. The van der Waals surface area contributed by atoms with Gasteiger partial charge in [0, 0.05) is 0 Å². The van der Waals surface area contributed by atoms with Crippen LogP contribution in [-0.2, 0) is 4.79 Å². The van der Waals surface area contributed by atoms with Crippen LogP contribution in [0.2, 0.25) is 0 Å². The van der Waals surface area contributed by atoms with E-state index in [4.69, 9.17) is 5.11 Å². The number of carbonyl (C=O) groups is 1. The van der Waals surface area contributed by atoms with Crippen LogP contribution in [0, 0.1) is 11.8 Å². The van der Waals surface area contributed by atoms with Crippen molar-refractivity contribution in [2.45, 2.75) is 46.1 Å². The molecule has 0 bridgehead atoms. The maximum Gasteiger partial charge on any atom is 0.309 e. The van der Waals surface area contributed by atoms with Crippen LogP contribution in [0.3, 0.4) is 0 Å². The number of carboxylic acid groups (broad SMARTS) is 1. The van der Waals surface area contributed by atoms with Gasteiger partial charge < -0.3 is 10.2 Å². The molecule has 2 N–H and O–H groups in total. The van der Waals surface area contributed by atoms with E-state index in [-0.39, 0.29) is 5.92 Å². The maximum absolute atomic E-state index is 10.9. The van der Waals surface area contributed by atoms with Crippen LogP contribution in [0.25, 0.3) is 0 Å². The van der Waals surface area contributed by atoms with Gasteiger partial charge in [0.25, 0.3) is 0 Å². The van der Waals surface area contributed by atoms with Gasteiger partial charge >= 0.3 is 5.97 Å². The first-order valence-corrected chi connectivity index (χ1v) is 4.78. The summed E-state index contributed by atoms with van der Waals surface area (Å²) in [5.41, 5.74) is -1.09. The van der Waals surface area contributed by atoms with Gasteiger partial charge in [-0.05, 0) is 19.3 Å². The summed E-state index contributed by atoms with van der Waals surface area (Å²) >= 11 is 0. The standard InChI is InChI=1S/C10H20O3/c1-5-6-10(4,13)8(7(2)3)9(11)12/h7-8,13H,5-6H2,1-4H3,(H,11,12). The zero-order valence-corrected chi connectivity index (χ0v) is 8.87. The number of hydrogen-bond donors (Lipinski definition) is 2. The Labute approximate surface area is 79.8 Å². The molecule has 0 aliphatic carbocycles. The normalized spacial score (nSPS) is 18.3. The predicted molar refractivity (Wildman–Crippen MR) is 51.5 cm³/mol. The summed E-state index contributed by atoms with van der Waals surface area (Å²) in [6, 6.07) is 0. The first-order chi connectivity index (χ1) is 5.83. The van der Waals surface area contributed by atoms with Crippen molar-refractivity contribution in [3.63, 3.8) is 0 Å². The zero-order valence-electron chi connectivity index (χ0n) is 8.87. The van der Waals surface area contributed by atoms with Gasteiger partial charge in [0.15, 0.2) is 0 Å². The van der Waals surface area contributed by atoms with Gasteiger partial charge in [-0.2, -0.15) is 0 Å². The fraction of sp³-hybridized carbons (Fsp3) is 0.900. The Hall–Kier alpha value is -0.570. The molecule has 2 atom stereocenters. The predicted octanol–water partition coefficient (Wildman–Crippen LogP) is 1.89. The van der Waals surface area contributed by atoms with Crippen molar-refractivity contribution in [3.8, 4) is 0 Å². The second kappa shape index (κ2) is 4.61. The van der Waals surface area contributed by atoms with Crippen molar-refractivity contribution >= 4 is 5.97 Å². The lowest BCUT2D eigenvalue weighted by atomic mass is 9.78. The highest BCUT2D eigenvalue weighted by molar-refractivity contribution is 5.71. The Morgan fingerprint density at radius 2 is 1.92 bits per heavy atom. The van der Waals surface area contributed by atoms with Gasteiger partial charge in [0.05, 0.1) is 11.5 Å². The largest absolute Gasteiger partial charge is 0.481 e. The molecule has 0 fully saturated rings. The first kappa shape index (κ1) is 12.4. The molecule has 0 aromatic rings. The molecule has 0 radical (unpaired) electrons. The molecule has 2 unspecified atom stereocenters. The molecule has 3 heteroatoms. The van der Waals surface area contributed by atoms with E-state index in [9.17, 15) is 9.90 Å². The lowest BCUT2D eigenvalue weighted by Crippen LogP contribution is -2.42. The Balaban J connectivity index is 4.62. The van der Waals surface area contributed by atoms with E-state index in [1.165, 1.54) is 0 Å². The topological polar surface area (TPSA) is 57.5 Å². The zero-order chi connectivity index (χ0) is 10.6. The van der Waals surface area contributed by atoms with Gasteiger partial charge in [-0.15, -0.1) is 0 Å². The third-order valence-electron chi connectivity index (χ3n) is 2.36. The Morgan fingerprint density at radius 3 is 2.15 bits per heavy atom. The summed E-state index contributed by atoms with van der Waals surface area (Å²) in [5, 5.41) is 18.9. The summed E-state index contributed by atoms with van der Waals surface area (Å²) < 4.78 is 0. The highest BCUT2D eigenvalue weighted by Crippen LogP contribution is 2.29. The summed E-state index contributed by atoms with van der Waals surface area (Å²) in [6.07, 6.45) is 1.33. The fourth-order valence-electron chi connectivity index (χ4n) is 1.93. The molecule has 0 heterocycles. The summed E-state index contributed by atoms with van der Waals surface area (Å²) in [7, 11) is 0. The van der Waals surface area contributed by atoms with Gasteiger partial charge in [-0.1, -0.05) is 27.2 Å². The van der Waals surface area contributed by atoms with Crippen LogP contribution < -0.4 is 0 Å². The number of aliphatic carboxylic acids is 1. The van der Waals surface area contributed by atoms with Crippen molar-refractivity contribution < 1.29 is 15.0 Å². The summed E-state index contributed by atoms with van der Waals surface area (Å²) in [5.74, 6) is -1.63. The molecule has 3 nitrogen and oxygen atoms in total. The maximum atomic E-state index is 10.9. The van der Waals surface area contributed by atoms with Crippen LogP contribution in [-0.4, -0.2) is 21.8 Å². The molecule has 0 aromatic carbocycles. The highest BCUT2D eigenvalue weighted by atomic mass is 16.4. The summed E-state index contributed by atoms with van der Waals surface area (Å²) in [6.45, 7) is 7.19. The lowest BCUT2D eigenvalue weighted by molar-refractivity contribution is -0.154. The number of aliphatic hydroxyl groups is 1. The van der Waals surface area contributed by atoms with E-state index >= 15 is 0 Å². The van der Waals surface area contributed by atoms with Gasteiger partial charge in [-0.25, -0.2) is 0 Å². The van der Waals surface area contributed by atoms with E-state index < -0.39 is 17.5 Å². The van der Waals surface area contributed by atoms with Crippen LogP contribution in [0.1, 0.15) is 40.5 Å². The molecule has 0 saturated carbocycles. The number of hydrogen-bond acceptors (Lipinski definition) is 2. The first-order valence-electron chi connectivity index (χ1n) is 4.78. The van der Waals surface area contributed by atoms with E-state index in [0.717, 1.165) is 6.42 Å². The van der Waals surface area contributed by atoms with Crippen LogP contribution in [0.15, 0.2) is 0 Å². The molecule has 0 saturated heterocycles. The van der Waals surface area contributed by atoms with E-state index in [0.29, 0.717) is 6.42 Å². The summed E-state index contributed by atoms with van der Waals surface area (Å²) in [4.78, 5) is 10.9. The smallest absolute Gasteiger partial charge is 0.309 e. The van der Waals surface area contributed by atoms with Crippen molar-refractivity contribution in [1.29, 1.82) is 0 Å². The van der Waals surface area contributed by atoms with E-state index in [2.05, 4.69) is 0 Å². The Morgan fingerprint density at radius 1 is 1.46 bits per heavy atom. The van der Waals surface area contributed by atoms with Crippen LogP contribution in [0.5, 0.6) is 0 Å². The average molecular weight is 188 g/mol. The molecular formula is C10H20O3. The second-order valence-electron chi connectivity index (χ2n) is 4.17. The second-order valence-corrected chi connectivity index (χ2v) is 4.17. The molecule has 0 aliphatic heterocycles. The molecule has 0 spiro atoms. The minimum absolute atomic E-state index is 0.0425. The van der Waals surface area contributed by atoms with Crippen LogP contribution in [0.4, 0.5) is 0 Å². The quantitative estimate of drug-likeness (QED) is 0.692. The van der Waals surface area contributed by atoms with Crippen LogP contribution >= 0.6 is 0 Å².